The molecule has 18 heavy (non-hydrogen) atoms. The molecule has 1 unspecified atom stereocenters. The van der Waals surface area contributed by atoms with Gasteiger partial charge in [0.25, 0.3) is 0 Å². The molecule has 1 aliphatic heterocycles. The maximum Gasteiger partial charge on any atom is 0.130 e. The van der Waals surface area contributed by atoms with Crippen LogP contribution < -0.4 is 0 Å². The first-order valence-corrected chi connectivity index (χ1v) is 6.76. The number of rotatable bonds is 3. The van der Waals surface area contributed by atoms with Gasteiger partial charge >= 0.3 is 0 Å². The lowest BCUT2D eigenvalue weighted by molar-refractivity contribution is 0.183. The zero-order valence-corrected chi connectivity index (χ0v) is 11.8. The van der Waals surface area contributed by atoms with Crippen LogP contribution in [0.1, 0.15) is 36.7 Å². The van der Waals surface area contributed by atoms with Crippen molar-refractivity contribution in [3.8, 4) is 0 Å². The second kappa shape index (κ2) is 5.72. The molecule has 1 saturated heterocycles. The number of hydrogen-bond acceptors (Lipinski definition) is 2. The Morgan fingerprint density at radius 1 is 1.56 bits per heavy atom. The molecule has 0 bridgehead atoms. The minimum absolute atomic E-state index is 0.423. The molecule has 1 fully saturated rings. The Morgan fingerprint density at radius 2 is 2.33 bits per heavy atom. The SMILES string of the molecule is C=C/C=C(/Cl)n1nc(C2CCCCN2C)cc1C. The van der Waals surface area contributed by atoms with Crippen molar-refractivity contribution in [2.24, 2.45) is 0 Å². The first-order chi connectivity index (χ1) is 8.63. The number of likely N-dealkylation sites (tertiary alicyclic amines) is 1. The largest absolute Gasteiger partial charge is 0.298 e. The maximum atomic E-state index is 6.18. The van der Waals surface area contributed by atoms with E-state index < -0.39 is 0 Å². The lowest BCUT2D eigenvalue weighted by Gasteiger charge is -2.31. The summed E-state index contributed by atoms with van der Waals surface area (Å²) in [4.78, 5) is 2.38. The number of aryl methyl sites for hydroxylation is 1. The van der Waals surface area contributed by atoms with Gasteiger partial charge in [-0.25, -0.2) is 4.68 Å². The molecule has 0 amide bonds. The van der Waals surface area contributed by atoms with Gasteiger partial charge in [-0.05, 0) is 45.5 Å². The zero-order valence-electron chi connectivity index (χ0n) is 11.1. The summed E-state index contributed by atoms with van der Waals surface area (Å²) in [6.07, 6.45) is 7.17. The molecule has 4 heteroatoms. The van der Waals surface area contributed by atoms with Crippen LogP contribution >= 0.6 is 11.6 Å². The molecule has 0 aromatic carbocycles. The van der Waals surface area contributed by atoms with Crippen LogP contribution in [0.3, 0.4) is 0 Å². The molecule has 1 aliphatic rings. The molecule has 0 spiro atoms. The Balaban J connectivity index is 2.27. The van der Waals surface area contributed by atoms with Crippen LogP contribution in [0, 0.1) is 6.92 Å². The first kappa shape index (κ1) is 13.4. The van der Waals surface area contributed by atoms with Crippen molar-refractivity contribution in [3.63, 3.8) is 0 Å². The van der Waals surface area contributed by atoms with Crippen LogP contribution in [-0.2, 0) is 0 Å². The van der Waals surface area contributed by atoms with E-state index in [2.05, 4.69) is 29.7 Å². The van der Waals surface area contributed by atoms with E-state index in [4.69, 9.17) is 11.6 Å². The standard InChI is InChI=1S/C14H20ClN3/c1-4-7-14(15)18-11(2)10-12(16-18)13-8-5-6-9-17(13)3/h4,7,10,13H,1,5-6,8-9H2,2-3H3/b14-7-. The van der Waals surface area contributed by atoms with Crippen molar-refractivity contribution in [3.05, 3.63) is 36.2 Å². The van der Waals surface area contributed by atoms with Crippen molar-refractivity contribution in [1.82, 2.24) is 14.7 Å². The van der Waals surface area contributed by atoms with Crippen LogP contribution in [0.2, 0.25) is 0 Å². The first-order valence-electron chi connectivity index (χ1n) is 6.39. The second-order valence-corrected chi connectivity index (χ2v) is 5.23. The summed E-state index contributed by atoms with van der Waals surface area (Å²) in [6, 6.07) is 2.55. The fraction of sp³-hybridized carbons (Fsp3) is 0.500. The molecule has 0 radical (unpaired) electrons. The van der Waals surface area contributed by atoms with E-state index in [-0.39, 0.29) is 0 Å². The van der Waals surface area contributed by atoms with Gasteiger partial charge < -0.3 is 0 Å². The Kier molecular flexibility index (Phi) is 4.25. The van der Waals surface area contributed by atoms with Gasteiger partial charge in [-0.2, -0.15) is 5.10 Å². The molecule has 98 valence electrons. The van der Waals surface area contributed by atoms with Crippen LogP contribution in [-0.4, -0.2) is 28.3 Å². The quantitative estimate of drug-likeness (QED) is 0.779. The summed E-state index contributed by atoms with van der Waals surface area (Å²) in [7, 11) is 2.17. The van der Waals surface area contributed by atoms with Crippen molar-refractivity contribution in [2.75, 3.05) is 13.6 Å². The van der Waals surface area contributed by atoms with Crippen LogP contribution in [0.15, 0.2) is 24.8 Å². The van der Waals surface area contributed by atoms with Crippen molar-refractivity contribution < 1.29 is 0 Å². The predicted octanol–water partition coefficient (Wildman–Crippen LogP) is 3.57. The Hall–Kier alpha value is -1.06. The van der Waals surface area contributed by atoms with Gasteiger partial charge in [0, 0.05) is 5.69 Å². The Morgan fingerprint density at radius 3 is 3.00 bits per heavy atom. The number of hydrogen-bond donors (Lipinski definition) is 0. The highest BCUT2D eigenvalue weighted by Crippen LogP contribution is 2.29. The molecule has 0 N–H and O–H groups in total. The van der Waals surface area contributed by atoms with Gasteiger partial charge in [0.1, 0.15) is 5.16 Å². The van der Waals surface area contributed by atoms with Gasteiger partial charge in [-0.15, -0.1) is 0 Å². The lowest BCUT2D eigenvalue weighted by atomic mass is 10.0. The highest BCUT2D eigenvalue weighted by atomic mass is 35.5. The molecule has 0 aliphatic carbocycles. The third kappa shape index (κ3) is 2.68. The Labute approximate surface area is 114 Å². The highest BCUT2D eigenvalue weighted by Gasteiger charge is 2.23. The fourth-order valence-corrected chi connectivity index (χ4v) is 2.75. The second-order valence-electron chi connectivity index (χ2n) is 4.84. The molecule has 2 heterocycles. The van der Waals surface area contributed by atoms with E-state index in [1.807, 2.05) is 6.92 Å². The normalized spacial score (nSPS) is 22.2. The van der Waals surface area contributed by atoms with Gasteiger partial charge in [-0.1, -0.05) is 30.7 Å². The molecular weight excluding hydrogens is 246 g/mol. The minimum Gasteiger partial charge on any atom is -0.298 e. The van der Waals surface area contributed by atoms with Gasteiger partial charge in [0.15, 0.2) is 0 Å². The van der Waals surface area contributed by atoms with Crippen molar-refractivity contribution in [2.45, 2.75) is 32.2 Å². The molecule has 1 aromatic rings. The molecule has 3 nitrogen and oxygen atoms in total. The van der Waals surface area contributed by atoms with Crippen LogP contribution in [0.25, 0.3) is 5.16 Å². The van der Waals surface area contributed by atoms with E-state index in [9.17, 15) is 0 Å². The lowest BCUT2D eigenvalue weighted by Crippen LogP contribution is -2.29. The molecule has 1 aromatic heterocycles. The van der Waals surface area contributed by atoms with E-state index in [0.29, 0.717) is 11.2 Å². The third-order valence-corrected chi connectivity index (χ3v) is 3.76. The summed E-state index contributed by atoms with van der Waals surface area (Å²) >= 11 is 6.18. The van der Waals surface area contributed by atoms with E-state index >= 15 is 0 Å². The van der Waals surface area contributed by atoms with E-state index in [1.165, 1.54) is 19.3 Å². The highest BCUT2D eigenvalue weighted by molar-refractivity contribution is 6.45. The molecule has 2 rings (SSSR count). The van der Waals surface area contributed by atoms with Crippen molar-refractivity contribution >= 4 is 16.8 Å². The average Bonchev–Trinajstić information content (AvgIpc) is 2.72. The van der Waals surface area contributed by atoms with Gasteiger partial charge in [0.05, 0.1) is 11.7 Å². The van der Waals surface area contributed by atoms with Gasteiger partial charge in [-0.3, -0.25) is 4.90 Å². The Bertz CT molecular complexity index is 462. The fourth-order valence-electron chi connectivity index (χ4n) is 2.49. The summed E-state index contributed by atoms with van der Waals surface area (Å²) in [5.74, 6) is 0. The minimum atomic E-state index is 0.423. The van der Waals surface area contributed by atoms with E-state index in [0.717, 1.165) is 17.9 Å². The summed E-state index contributed by atoms with van der Waals surface area (Å²) < 4.78 is 1.78. The van der Waals surface area contributed by atoms with Crippen LogP contribution in [0.4, 0.5) is 0 Å². The predicted molar refractivity (Wildman–Crippen MR) is 76.5 cm³/mol. The summed E-state index contributed by atoms with van der Waals surface area (Å²) in [6.45, 7) is 6.83. The molecule has 1 atom stereocenters. The number of allylic oxidation sites excluding steroid dienone is 2. The van der Waals surface area contributed by atoms with Gasteiger partial charge in [0.2, 0.25) is 0 Å². The molecular formula is C14H20ClN3. The zero-order chi connectivity index (χ0) is 13.1. The number of halogens is 1. The maximum absolute atomic E-state index is 6.18. The summed E-state index contributed by atoms with van der Waals surface area (Å²) in [5.41, 5.74) is 2.18. The van der Waals surface area contributed by atoms with E-state index in [1.54, 1.807) is 16.8 Å². The number of piperidine rings is 1. The third-order valence-electron chi connectivity index (χ3n) is 3.48. The van der Waals surface area contributed by atoms with Crippen LogP contribution in [0.5, 0.6) is 0 Å². The average molecular weight is 266 g/mol. The topological polar surface area (TPSA) is 21.1 Å². The number of aromatic nitrogens is 2. The number of nitrogens with zero attached hydrogens (tertiary/aromatic N) is 3. The molecule has 0 saturated carbocycles. The van der Waals surface area contributed by atoms with Crippen molar-refractivity contribution in [1.29, 1.82) is 0 Å². The smallest absolute Gasteiger partial charge is 0.130 e. The monoisotopic (exact) mass is 265 g/mol. The summed E-state index contributed by atoms with van der Waals surface area (Å²) in [5, 5.41) is 5.22.